The number of benzene rings is 1. The SMILES string of the molecule is CNc1ccccc1N(C)C(C)(C)C. The molecule has 0 bridgehead atoms. The highest BCUT2D eigenvalue weighted by Gasteiger charge is 2.18. The molecule has 0 atom stereocenters. The molecule has 0 unspecified atom stereocenters. The zero-order valence-corrected chi connectivity index (χ0v) is 9.76. The molecule has 1 aromatic carbocycles. The van der Waals surface area contributed by atoms with Crippen molar-refractivity contribution in [3.05, 3.63) is 24.3 Å². The molecule has 0 saturated carbocycles. The van der Waals surface area contributed by atoms with Crippen molar-refractivity contribution in [2.24, 2.45) is 0 Å². The summed E-state index contributed by atoms with van der Waals surface area (Å²) in [7, 11) is 4.07. The third-order valence-electron chi connectivity index (χ3n) is 2.54. The molecule has 2 nitrogen and oxygen atoms in total. The molecule has 14 heavy (non-hydrogen) atoms. The maximum Gasteiger partial charge on any atom is 0.0603 e. The van der Waals surface area contributed by atoms with Gasteiger partial charge in [-0.1, -0.05) is 12.1 Å². The molecule has 0 saturated heterocycles. The van der Waals surface area contributed by atoms with Crippen molar-refractivity contribution in [3.8, 4) is 0 Å². The van der Waals surface area contributed by atoms with Crippen LogP contribution in [-0.4, -0.2) is 19.6 Å². The molecular weight excluding hydrogens is 172 g/mol. The van der Waals surface area contributed by atoms with Crippen molar-refractivity contribution in [2.45, 2.75) is 26.3 Å². The highest BCUT2D eigenvalue weighted by Crippen LogP contribution is 2.28. The van der Waals surface area contributed by atoms with Gasteiger partial charge in [-0.05, 0) is 32.9 Å². The van der Waals surface area contributed by atoms with Crippen LogP contribution >= 0.6 is 0 Å². The predicted molar refractivity (Wildman–Crippen MR) is 64.1 cm³/mol. The molecule has 0 aliphatic heterocycles. The first-order valence-corrected chi connectivity index (χ1v) is 4.97. The Kier molecular flexibility index (Phi) is 3.04. The first-order chi connectivity index (χ1) is 6.46. The lowest BCUT2D eigenvalue weighted by molar-refractivity contribution is 0.539. The Morgan fingerprint density at radius 3 is 2.21 bits per heavy atom. The molecule has 0 aliphatic carbocycles. The van der Waals surface area contributed by atoms with Gasteiger partial charge in [0.1, 0.15) is 0 Å². The number of hydrogen-bond donors (Lipinski definition) is 1. The normalized spacial score (nSPS) is 11.2. The van der Waals surface area contributed by atoms with Crippen LogP contribution in [0.3, 0.4) is 0 Å². The summed E-state index contributed by atoms with van der Waals surface area (Å²) in [5.41, 5.74) is 2.56. The standard InChI is InChI=1S/C12H20N2/c1-12(2,3)14(5)11-9-7-6-8-10(11)13-4/h6-9,13H,1-5H3. The van der Waals surface area contributed by atoms with E-state index < -0.39 is 0 Å². The van der Waals surface area contributed by atoms with Crippen molar-refractivity contribution in [3.63, 3.8) is 0 Å². The fraction of sp³-hybridized carbons (Fsp3) is 0.500. The van der Waals surface area contributed by atoms with E-state index in [0.29, 0.717) is 0 Å². The minimum absolute atomic E-state index is 0.146. The molecule has 1 aromatic rings. The lowest BCUT2D eigenvalue weighted by Crippen LogP contribution is -2.38. The maximum atomic E-state index is 3.21. The van der Waals surface area contributed by atoms with Gasteiger partial charge in [0.05, 0.1) is 11.4 Å². The van der Waals surface area contributed by atoms with Gasteiger partial charge in [0.25, 0.3) is 0 Å². The average Bonchev–Trinajstić information content (AvgIpc) is 2.15. The van der Waals surface area contributed by atoms with Crippen LogP contribution in [0.1, 0.15) is 20.8 Å². The molecule has 0 radical (unpaired) electrons. The molecular formula is C12H20N2. The lowest BCUT2D eigenvalue weighted by Gasteiger charge is -2.35. The predicted octanol–water partition coefficient (Wildman–Crippen LogP) is 2.96. The molecule has 1 rings (SSSR count). The largest absolute Gasteiger partial charge is 0.386 e. The number of rotatable bonds is 2. The summed E-state index contributed by atoms with van der Waals surface area (Å²) >= 11 is 0. The van der Waals surface area contributed by atoms with Crippen LogP contribution in [0.5, 0.6) is 0 Å². The summed E-state index contributed by atoms with van der Waals surface area (Å²) in [5.74, 6) is 0. The van der Waals surface area contributed by atoms with Gasteiger partial charge >= 0.3 is 0 Å². The molecule has 78 valence electrons. The van der Waals surface area contributed by atoms with E-state index in [-0.39, 0.29) is 5.54 Å². The zero-order valence-electron chi connectivity index (χ0n) is 9.76. The summed E-state index contributed by atoms with van der Waals surface area (Å²) in [6, 6.07) is 8.35. The molecule has 1 N–H and O–H groups in total. The molecule has 0 amide bonds. The van der Waals surface area contributed by atoms with E-state index in [1.807, 2.05) is 13.1 Å². The molecule has 0 heterocycles. The minimum Gasteiger partial charge on any atom is -0.386 e. The number of anilines is 2. The highest BCUT2D eigenvalue weighted by atomic mass is 15.2. The van der Waals surface area contributed by atoms with Crippen molar-refractivity contribution >= 4 is 11.4 Å². The second-order valence-electron chi connectivity index (χ2n) is 4.50. The van der Waals surface area contributed by atoms with Crippen LogP contribution in [-0.2, 0) is 0 Å². The Morgan fingerprint density at radius 1 is 1.14 bits per heavy atom. The van der Waals surface area contributed by atoms with E-state index in [4.69, 9.17) is 0 Å². The Hall–Kier alpha value is -1.18. The van der Waals surface area contributed by atoms with E-state index in [0.717, 1.165) is 0 Å². The smallest absolute Gasteiger partial charge is 0.0603 e. The van der Waals surface area contributed by atoms with Gasteiger partial charge in [0.2, 0.25) is 0 Å². The Morgan fingerprint density at radius 2 is 1.71 bits per heavy atom. The Bertz CT molecular complexity index is 299. The van der Waals surface area contributed by atoms with E-state index in [1.165, 1.54) is 11.4 Å². The second kappa shape index (κ2) is 3.91. The molecule has 2 heteroatoms. The van der Waals surface area contributed by atoms with Crippen LogP contribution < -0.4 is 10.2 Å². The van der Waals surface area contributed by atoms with Gasteiger partial charge in [0.15, 0.2) is 0 Å². The summed E-state index contributed by atoms with van der Waals surface area (Å²) in [6.07, 6.45) is 0. The Balaban J connectivity index is 3.06. The first-order valence-electron chi connectivity index (χ1n) is 4.97. The lowest BCUT2D eigenvalue weighted by atomic mass is 10.1. The van der Waals surface area contributed by atoms with Crippen molar-refractivity contribution in [1.29, 1.82) is 0 Å². The fourth-order valence-corrected chi connectivity index (χ4v) is 1.34. The molecule has 0 aromatic heterocycles. The Labute approximate surface area is 86.9 Å². The van der Waals surface area contributed by atoms with Crippen LogP contribution in [0.15, 0.2) is 24.3 Å². The summed E-state index contributed by atoms with van der Waals surface area (Å²) in [6.45, 7) is 6.62. The van der Waals surface area contributed by atoms with E-state index in [9.17, 15) is 0 Å². The topological polar surface area (TPSA) is 15.3 Å². The number of nitrogens with zero attached hydrogens (tertiary/aromatic N) is 1. The number of para-hydroxylation sites is 2. The van der Waals surface area contributed by atoms with Crippen LogP contribution in [0, 0.1) is 0 Å². The summed E-state index contributed by atoms with van der Waals surface area (Å²) < 4.78 is 0. The second-order valence-corrected chi connectivity index (χ2v) is 4.50. The van der Waals surface area contributed by atoms with Crippen LogP contribution in [0.4, 0.5) is 11.4 Å². The van der Waals surface area contributed by atoms with Gasteiger partial charge in [-0.15, -0.1) is 0 Å². The number of nitrogens with one attached hydrogen (secondary N) is 1. The molecule has 0 spiro atoms. The first kappa shape index (κ1) is 10.9. The van der Waals surface area contributed by atoms with Gasteiger partial charge < -0.3 is 10.2 Å². The van der Waals surface area contributed by atoms with Crippen LogP contribution in [0.25, 0.3) is 0 Å². The van der Waals surface area contributed by atoms with E-state index in [1.54, 1.807) is 0 Å². The average molecular weight is 192 g/mol. The molecule has 0 aliphatic rings. The van der Waals surface area contributed by atoms with E-state index >= 15 is 0 Å². The zero-order chi connectivity index (χ0) is 10.8. The molecule has 0 fully saturated rings. The number of hydrogen-bond acceptors (Lipinski definition) is 2. The summed E-state index contributed by atoms with van der Waals surface area (Å²) in [4.78, 5) is 2.28. The van der Waals surface area contributed by atoms with Gasteiger partial charge in [-0.3, -0.25) is 0 Å². The van der Waals surface area contributed by atoms with Gasteiger partial charge in [-0.25, -0.2) is 0 Å². The van der Waals surface area contributed by atoms with Gasteiger partial charge in [0, 0.05) is 19.6 Å². The van der Waals surface area contributed by atoms with Crippen molar-refractivity contribution in [1.82, 2.24) is 0 Å². The van der Waals surface area contributed by atoms with E-state index in [2.05, 4.69) is 56.2 Å². The minimum atomic E-state index is 0.146. The highest BCUT2D eigenvalue weighted by molar-refractivity contribution is 5.70. The third-order valence-corrected chi connectivity index (χ3v) is 2.54. The fourth-order valence-electron chi connectivity index (χ4n) is 1.34. The maximum absolute atomic E-state index is 3.21. The van der Waals surface area contributed by atoms with Crippen molar-refractivity contribution < 1.29 is 0 Å². The van der Waals surface area contributed by atoms with Gasteiger partial charge in [-0.2, -0.15) is 0 Å². The van der Waals surface area contributed by atoms with Crippen molar-refractivity contribution in [2.75, 3.05) is 24.3 Å². The summed E-state index contributed by atoms with van der Waals surface area (Å²) in [5, 5.41) is 3.21. The quantitative estimate of drug-likeness (QED) is 0.775. The van der Waals surface area contributed by atoms with Crippen LogP contribution in [0.2, 0.25) is 0 Å². The monoisotopic (exact) mass is 192 g/mol. The third kappa shape index (κ3) is 2.19.